The molecule has 0 spiro atoms. The highest BCUT2D eigenvalue weighted by atomic mass is 16.2. The van der Waals surface area contributed by atoms with Gasteiger partial charge in [0.1, 0.15) is 5.65 Å². The molecule has 1 saturated heterocycles. The lowest BCUT2D eigenvalue weighted by atomic mass is 10.1. The van der Waals surface area contributed by atoms with E-state index < -0.39 is 11.7 Å². The van der Waals surface area contributed by atoms with Crippen molar-refractivity contribution in [2.24, 2.45) is 0 Å². The van der Waals surface area contributed by atoms with Crippen molar-refractivity contribution in [2.75, 3.05) is 19.6 Å². The normalized spacial score (nSPS) is 15.9. The fourth-order valence-electron chi connectivity index (χ4n) is 3.74. The SMILES string of the molecule is C=C.Cc1ccc2c(C(=O)C(=O)N3CCN(C(=O)c4ccccc4)C[C@H]3C)c[nH]c2n1. The maximum absolute atomic E-state index is 12.9. The first kappa shape index (κ1) is 22.0. The molecule has 1 fully saturated rings. The van der Waals surface area contributed by atoms with E-state index in [2.05, 4.69) is 23.1 Å². The predicted molar refractivity (Wildman–Crippen MR) is 120 cm³/mol. The van der Waals surface area contributed by atoms with Crippen LogP contribution < -0.4 is 0 Å². The number of piperazine rings is 1. The molecule has 0 saturated carbocycles. The van der Waals surface area contributed by atoms with E-state index in [0.29, 0.717) is 41.8 Å². The number of pyridine rings is 1. The van der Waals surface area contributed by atoms with Gasteiger partial charge in [0.15, 0.2) is 0 Å². The van der Waals surface area contributed by atoms with E-state index >= 15 is 0 Å². The number of hydrogen-bond acceptors (Lipinski definition) is 4. The van der Waals surface area contributed by atoms with Gasteiger partial charge in [-0.1, -0.05) is 18.2 Å². The van der Waals surface area contributed by atoms with Crippen LogP contribution in [0.1, 0.15) is 33.3 Å². The third kappa shape index (κ3) is 4.40. The second-order valence-corrected chi connectivity index (χ2v) is 7.35. The summed E-state index contributed by atoms with van der Waals surface area (Å²) >= 11 is 0. The molecule has 4 rings (SSSR count). The lowest BCUT2D eigenvalue weighted by Gasteiger charge is -2.39. The van der Waals surface area contributed by atoms with Crippen LogP contribution in [0.2, 0.25) is 0 Å². The van der Waals surface area contributed by atoms with Gasteiger partial charge in [-0.05, 0) is 38.1 Å². The number of nitrogens with one attached hydrogen (secondary N) is 1. The summed E-state index contributed by atoms with van der Waals surface area (Å²) in [5.74, 6) is -1.17. The molecule has 1 N–H and O–H groups in total. The summed E-state index contributed by atoms with van der Waals surface area (Å²) in [6.07, 6.45) is 1.54. The zero-order valence-corrected chi connectivity index (χ0v) is 17.8. The Kier molecular flexibility index (Phi) is 6.65. The van der Waals surface area contributed by atoms with Crippen LogP contribution in [-0.2, 0) is 4.79 Å². The molecule has 2 aromatic heterocycles. The van der Waals surface area contributed by atoms with Crippen molar-refractivity contribution in [3.8, 4) is 0 Å². The topological polar surface area (TPSA) is 86.4 Å². The number of fused-ring (bicyclic) bond motifs is 1. The van der Waals surface area contributed by atoms with Gasteiger partial charge in [0.2, 0.25) is 0 Å². The Morgan fingerprint density at radius 1 is 1.06 bits per heavy atom. The number of carbonyl (C=O) groups is 3. The van der Waals surface area contributed by atoms with Gasteiger partial charge in [-0.15, -0.1) is 13.2 Å². The molecule has 0 unspecified atom stereocenters. The van der Waals surface area contributed by atoms with Crippen molar-refractivity contribution in [3.63, 3.8) is 0 Å². The van der Waals surface area contributed by atoms with Crippen molar-refractivity contribution in [1.82, 2.24) is 19.8 Å². The zero-order chi connectivity index (χ0) is 22.5. The largest absolute Gasteiger partial charge is 0.345 e. The molecule has 1 aliphatic rings. The van der Waals surface area contributed by atoms with Gasteiger partial charge >= 0.3 is 0 Å². The molecule has 0 bridgehead atoms. The van der Waals surface area contributed by atoms with Crippen LogP contribution in [0.3, 0.4) is 0 Å². The van der Waals surface area contributed by atoms with Crippen molar-refractivity contribution in [3.05, 3.63) is 78.6 Å². The van der Waals surface area contributed by atoms with E-state index in [-0.39, 0.29) is 11.9 Å². The summed E-state index contributed by atoms with van der Waals surface area (Å²) in [6, 6.07) is 12.4. The highest BCUT2D eigenvalue weighted by molar-refractivity contribution is 6.44. The van der Waals surface area contributed by atoms with E-state index in [1.54, 1.807) is 28.0 Å². The van der Waals surface area contributed by atoms with Crippen LogP contribution in [0.5, 0.6) is 0 Å². The summed E-state index contributed by atoms with van der Waals surface area (Å²) in [4.78, 5) is 49.0. The molecule has 7 nitrogen and oxygen atoms in total. The van der Waals surface area contributed by atoms with Crippen molar-refractivity contribution in [1.29, 1.82) is 0 Å². The van der Waals surface area contributed by atoms with E-state index in [1.165, 1.54) is 6.20 Å². The summed E-state index contributed by atoms with van der Waals surface area (Å²) in [5.41, 5.74) is 2.37. The first-order valence-electron chi connectivity index (χ1n) is 10.1. The van der Waals surface area contributed by atoms with Gasteiger partial charge in [-0.3, -0.25) is 14.4 Å². The third-order valence-corrected chi connectivity index (χ3v) is 5.31. The molecule has 7 heteroatoms. The third-order valence-electron chi connectivity index (χ3n) is 5.31. The predicted octanol–water partition coefficient (Wildman–Crippen LogP) is 3.23. The number of aromatic amines is 1. The number of hydrogen-bond donors (Lipinski definition) is 1. The summed E-state index contributed by atoms with van der Waals surface area (Å²) in [7, 11) is 0. The highest BCUT2D eigenvalue weighted by Crippen LogP contribution is 2.20. The Bertz CT molecular complexity index is 1110. The van der Waals surface area contributed by atoms with Crippen LogP contribution >= 0.6 is 0 Å². The van der Waals surface area contributed by atoms with Crippen molar-refractivity contribution >= 4 is 28.6 Å². The lowest BCUT2D eigenvalue weighted by Crippen LogP contribution is -2.56. The number of Topliss-reactive ketones (excluding diaryl/α,β-unsaturated/α-hetero) is 1. The average Bonchev–Trinajstić information content (AvgIpc) is 3.22. The summed E-state index contributed by atoms with van der Waals surface area (Å²) in [6.45, 7) is 10.8. The fraction of sp³-hybridized carbons (Fsp3) is 0.250. The molecule has 1 atom stereocenters. The van der Waals surface area contributed by atoms with Gasteiger partial charge in [0.05, 0.1) is 5.56 Å². The number of aryl methyl sites for hydroxylation is 1. The number of rotatable bonds is 3. The lowest BCUT2D eigenvalue weighted by molar-refractivity contribution is -0.130. The Balaban J connectivity index is 0.00000132. The Labute approximate surface area is 181 Å². The minimum absolute atomic E-state index is 0.0612. The molecular weight excluding hydrogens is 392 g/mol. The minimum atomic E-state index is -0.559. The van der Waals surface area contributed by atoms with Crippen LogP contribution in [0.25, 0.3) is 11.0 Å². The number of aromatic nitrogens is 2. The number of H-pyrrole nitrogens is 1. The standard InChI is InChI=1S/C22H22N4O3.C2H4/c1-14-8-9-17-18(12-23-20(17)24-14)19(27)22(29)26-11-10-25(13-15(26)2)21(28)16-6-4-3-5-7-16;1-2/h3-9,12,15H,10-11,13H2,1-2H3,(H,23,24);1-2H2/t15-;/m1./s1. The molecule has 3 aromatic rings. The van der Waals surface area contributed by atoms with Gasteiger partial charge in [-0.2, -0.15) is 0 Å². The average molecular weight is 418 g/mol. The summed E-state index contributed by atoms with van der Waals surface area (Å²) < 4.78 is 0. The van der Waals surface area contributed by atoms with Gasteiger partial charge in [0.25, 0.3) is 17.6 Å². The first-order chi connectivity index (χ1) is 15.0. The van der Waals surface area contributed by atoms with Gasteiger partial charge in [-0.25, -0.2) is 4.98 Å². The highest BCUT2D eigenvalue weighted by Gasteiger charge is 2.34. The second kappa shape index (κ2) is 9.38. The number of amides is 2. The second-order valence-electron chi connectivity index (χ2n) is 7.35. The molecule has 1 aromatic carbocycles. The van der Waals surface area contributed by atoms with Crippen LogP contribution in [-0.4, -0.2) is 63.0 Å². The summed E-state index contributed by atoms with van der Waals surface area (Å²) in [5, 5.41) is 0.638. The number of benzene rings is 1. The van der Waals surface area contributed by atoms with Crippen LogP contribution in [0, 0.1) is 6.92 Å². The molecular formula is C24H26N4O3. The van der Waals surface area contributed by atoms with Crippen molar-refractivity contribution < 1.29 is 14.4 Å². The number of carbonyl (C=O) groups excluding carboxylic acids is 3. The fourth-order valence-corrected chi connectivity index (χ4v) is 3.74. The molecule has 0 aliphatic carbocycles. The smallest absolute Gasteiger partial charge is 0.295 e. The maximum Gasteiger partial charge on any atom is 0.295 e. The Morgan fingerprint density at radius 3 is 2.45 bits per heavy atom. The first-order valence-corrected chi connectivity index (χ1v) is 10.1. The van der Waals surface area contributed by atoms with E-state index in [4.69, 9.17) is 0 Å². The quantitative estimate of drug-likeness (QED) is 0.402. The molecule has 160 valence electrons. The number of ketones is 1. The van der Waals surface area contributed by atoms with Crippen LogP contribution in [0.15, 0.2) is 61.8 Å². The Hall–Kier alpha value is -3.74. The van der Waals surface area contributed by atoms with Crippen LogP contribution in [0.4, 0.5) is 0 Å². The van der Waals surface area contributed by atoms with E-state index in [0.717, 1.165) is 5.69 Å². The monoisotopic (exact) mass is 418 g/mol. The molecule has 31 heavy (non-hydrogen) atoms. The van der Waals surface area contributed by atoms with Gasteiger partial charge < -0.3 is 14.8 Å². The van der Waals surface area contributed by atoms with E-state index in [9.17, 15) is 14.4 Å². The zero-order valence-electron chi connectivity index (χ0n) is 17.8. The van der Waals surface area contributed by atoms with E-state index in [1.807, 2.05) is 38.1 Å². The molecule has 3 heterocycles. The van der Waals surface area contributed by atoms with Crippen molar-refractivity contribution in [2.45, 2.75) is 19.9 Å². The number of nitrogens with zero attached hydrogens (tertiary/aromatic N) is 3. The molecule has 1 aliphatic heterocycles. The maximum atomic E-state index is 12.9. The molecule has 0 radical (unpaired) electrons. The Morgan fingerprint density at radius 2 is 1.77 bits per heavy atom. The van der Waals surface area contributed by atoms with Gasteiger partial charge in [0, 0.05) is 48.5 Å². The molecule has 2 amide bonds. The minimum Gasteiger partial charge on any atom is -0.345 e.